The van der Waals surface area contributed by atoms with Gasteiger partial charge in [-0.1, -0.05) is 20.8 Å². The van der Waals surface area contributed by atoms with Crippen molar-refractivity contribution >= 4 is 23.2 Å². The molecule has 0 aliphatic carbocycles. The van der Waals surface area contributed by atoms with Crippen LogP contribution in [0.2, 0.25) is 0 Å². The first-order valence-corrected chi connectivity index (χ1v) is 7.83. The highest BCUT2D eigenvalue weighted by molar-refractivity contribution is 7.09. The van der Waals surface area contributed by atoms with E-state index in [4.69, 9.17) is 0 Å². The summed E-state index contributed by atoms with van der Waals surface area (Å²) < 4.78 is 0. The first-order chi connectivity index (χ1) is 9.43. The first kappa shape index (κ1) is 15.0. The minimum atomic E-state index is -0.425. The Morgan fingerprint density at radius 3 is 2.65 bits per heavy atom. The fourth-order valence-corrected chi connectivity index (χ4v) is 3.22. The topological polar surface area (TPSA) is 62.3 Å². The van der Waals surface area contributed by atoms with Crippen molar-refractivity contribution in [1.82, 2.24) is 15.2 Å². The summed E-state index contributed by atoms with van der Waals surface area (Å²) in [4.78, 5) is 30.8. The Labute approximate surface area is 123 Å². The van der Waals surface area contributed by atoms with Crippen LogP contribution < -0.4 is 5.32 Å². The van der Waals surface area contributed by atoms with Gasteiger partial charge in [0.2, 0.25) is 11.8 Å². The number of thiazole rings is 1. The zero-order valence-electron chi connectivity index (χ0n) is 12.3. The smallest absolute Gasteiger partial charge is 0.246 e. The van der Waals surface area contributed by atoms with E-state index in [9.17, 15) is 9.59 Å². The molecule has 1 saturated heterocycles. The molecular formula is C14H21N3O2S. The Morgan fingerprint density at radius 1 is 1.45 bits per heavy atom. The quantitative estimate of drug-likeness (QED) is 0.920. The van der Waals surface area contributed by atoms with Crippen molar-refractivity contribution in [2.75, 3.05) is 0 Å². The summed E-state index contributed by atoms with van der Waals surface area (Å²) in [6.07, 6.45) is 0.618. The maximum absolute atomic E-state index is 12.6. The van der Waals surface area contributed by atoms with Gasteiger partial charge in [-0.2, -0.15) is 0 Å². The summed E-state index contributed by atoms with van der Waals surface area (Å²) in [5.74, 6) is 0.0307. The van der Waals surface area contributed by atoms with Gasteiger partial charge in [-0.05, 0) is 19.3 Å². The van der Waals surface area contributed by atoms with Crippen molar-refractivity contribution in [2.24, 2.45) is 5.92 Å². The van der Waals surface area contributed by atoms with E-state index in [-0.39, 0.29) is 23.8 Å². The number of carbonyl (C=O) groups excluding carboxylic acids is 2. The number of amides is 2. The molecule has 0 aromatic carbocycles. The summed E-state index contributed by atoms with van der Waals surface area (Å²) in [7, 11) is 0. The lowest BCUT2D eigenvalue weighted by atomic mass is 9.97. The Morgan fingerprint density at radius 2 is 2.15 bits per heavy atom. The number of aromatic nitrogens is 1. The Balaban J connectivity index is 2.24. The van der Waals surface area contributed by atoms with Gasteiger partial charge in [0.15, 0.2) is 0 Å². The molecule has 0 radical (unpaired) electrons. The minimum Gasteiger partial charge on any atom is -0.342 e. The molecular weight excluding hydrogens is 274 g/mol. The molecule has 2 amide bonds. The SMILES string of the molecule is CCC1C(=O)NC(C(C)C)C(=O)N1Cc1nc(C)cs1. The van der Waals surface area contributed by atoms with Crippen LogP contribution >= 0.6 is 11.3 Å². The molecule has 2 heterocycles. The van der Waals surface area contributed by atoms with Gasteiger partial charge in [0.25, 0.3) is 0 Å². The molecule has 0 bridgehead atoms. The number of piperazine rings is 1. The van der Waals surface area contributed by atoms with Crippen LogP contribution in [0.3, 0.4) is 0 Å². The van der Waals surface area contributed by atoms with Crippen LogP contribution in [0.1, 0.15) is 37.9 Å². The predicted molar refractivity (Wildman–Crippen MR) is 78.2 cm³/mol. The van der Waals surface area contributed by atoms with Crippen LogP contribution in [0.4, 0.5) is 0 Å². The van der Waals surface area contributed by atoms with Gasteiger partial charge in [0, 0.05) is 11.1 Å². The lowest BCUT2D eigenvalue weighted by Crippen LogP contribution is -2.64. The molecule has 0 spiro atoms. The largest absolute Gasteiger partial charge is 0.342 e. The van der Waals surface area contributed by atoms with E-state index in [0.29, 0.717) is 13.0 Å². The van der Waals surface area contributed by atoms with E-state index >= 15 is 0 Å². The molecule has 1 fully saturated rings. The fraction of sp³-hybridized carbons (Fsp3) is 0.643. The van der Waals surface area contributed by atoms with Gasteiger partial charge in [-0.3, -0.25) is 9.59 Å². The van der Waals surface area contributed by atoms with Gasteiger partial charge in [-0.15, -0.1) is 11.3 Å². The van der Waals surface area contributed by atoms with E-state index in [2.05, 4.69) is 10.3 Å². The van der Waals surface area contributed by atoms with Gasteiger partial charge in [0.1, 0.15) is 17.1 Å². The molecule has 1 N–H and O–H groups in total. The Kier molecular flexibility index (Phi) is 4.42. The summed E-state index contributed by atoms with van der Waals surface area (Å²) >= 11 is 1.53. The zero-order valence-corrected chi connectivity index (χ0v) is 13.2. The maximum Gasteiger partial charge on any atom is 0.246 e. The standard InChI is InChI=1S/C14H21N3O2S/c1-5-10-13(18)16-12(8(2)3)14(19)17(10)6-11-15-9(4)7-20-11/h7-8,10,12H,5-6H2,1-4H3,(H,16,18). The normalized spacial score (nSPS) is 23.4. The van der Waals surface area contributed by atoms with Gasteiger partial charge in [0.05, 0.1) is 6.54 Å². The second kappa shape index (κ2) is 5.91. The van der Waals surface area contributed by atoms with Crippen LogP contribution in [-0.2, 0) is 16.1 Å². The van der Waals surface area contributed by atoms with Crippen molar-refractivity contribution in [3.05, 3.63) is 16.1 Å². The van der Waals surface area contributed by atoms with Crippen molar-refractivity contribution in [3.63, 3.8) is 0 Å². The Hall–Kier alpha value is -1.43. The highest BCUT2D eigenvalue weighted by Crippen LogP contribution is 2.21. The monoisotopic (exact) mass is 295 g/mol. The first-order valence-electron chi connectivity index (χ1n) is 6.95. The third-order valence-corrected chi connectivity index (χ3v) is 4.50. The van der Waals surface area contributed by atoms with E-state index in [1.165, 1.54) is 11.3 Å². The molecule has 2 unspecified atom stereocenters. The molecule has 1 aromatic rings. The molecule has 5 nitrogen and oxygen atoms in total. The highest BCUT2D eigenvalue weighted by atomic mass is 32.1. The molecule has 1 aromatic heterocycles. The molecule has 6 heteroatoms. The second-order valence-electron chi connectivity index (χ2n) is 5.50. The third kappa shape index (κ3) is 2.85. The Bertz CT molecular complexity index is 512. The second-order valence-corrected chi connectivity index (χ2v) is 6.45. The van der Waals surface area contributed by atoms with E-state index in [1.807, 2.05) is 33.1 Å². The number of rotatable bonds is 4. The summed E-state index contributed by atoms with van der Waals surface area (Å²) in [6, 6.07) is -0.812. The number of aryl methyl sites for hydroxylation is 1. The van der Waals surface area contributed by atoms with Crippen LogP contribution in [0.25, 0.3) is 0 Å². The van der Waals surface area contributed by atoms with Crippen LogP contribution in [0.5, 0.6) is 0 Å². The van der Waals surface area contributed by atoms with Gasteiger partial charge < -0.3 is 10.2 Å². The number of nitrogens with zero attached hydrogens (tertiary/aromatic N) is 2. The van der Waals surface area contributed by atoms with E-state index < -0.39 is 6.04 Å². The van der Waals surface area contributed by atoms with E-state index in [0.717, 1.165) is 10.7 Å². The molecule has 20 heavy (non-hydrogen) atoms. The van der Waals surface area contributed by atoms with Crippen molar-refractivity contribution in [1.29, 1.82) is 0 Å². The van der Waals surface area contributed by atoms with Crippen LogP contribution in [0, 0.1) is 12.8 Å². The van der Waals surface area contributed by atoms with Gasteiger partial charge >= 0.3 is 0 Å². The molecule has 0 saturated carbocycles. The molecule has 2 rings (SSSR count). The zero-order chi connectivity index (χ0) is 14.9. The minimum absolute atomic E-state index is 0.000645. The van der Waals surface area contributed by atoms with Crippen molar-refractivity contribution < 1.29 is 9.59 Å². The number of hydrogen-bond acceptors (Lipinski definition) is 4. The summed E-state index contributed by atoms with van der Waals surface area (Å²) in [5.41, 5.74) is 0.951. The van der Waals surface area contributed by atoms with Crippen molar-refractivity contribution in [3.8, 4) is 0 Å². The lowest BCUT2D eigenvalue weighted by molar-refractivity contribution is -0.151. The number of nitrogens with one attached hydrogen (secondary N) is 1. The number of carbonyl (C=O) groups is 2. The summed E-state index contributed by atoms with van der Waals surface area (Å²) in [6.45, 7) is 8.17. The lowest BCUT2D eigenvalue weighted by Gasteiger charge is -2.39. The molecule has 1 aliphatic rings. The average Bonchev–Trinajstić information content (AvgIpc) is 2.79. The third-order valence-electron chi connectivity index (χ3n) is 3.55. The summed E-state index contributed by atoms with van der Waals surface area (Å²) in [5, 5.41) is 5.68. The molecule has 2 atom stereocenters. The predicted octanol–water partition coefficient (Wildman–Crippen LogP) is 1.71. The highest BCUT2D eigenvalue weighted by Gasteiger charge is 2.40. The van der Waals surface area contributed by atoms with Crippen molar-refractivity contribution in [2.45, 2.75) is 52.7 Å². The van der Waals surface area contributed by atoms with E-state index in [1.54, 1.807) is 4.90 Å². The molecule has 110 valence electrons. The average molecular weight is 295 g/mol. The van der Waals surface area contributed by atoms with Gasteiger partial charge in [-0.25, -0.2) is 4.98 Å². The van der Waals surface area contributed by atoms with Crippen LogP contribution in [0.15, 0.2) is 5.38 Å². The van der Waals surface area contributed by atoms with Crippen LogP contribution in [-0.4, -0.2) is 33.8 Å². The maximum atomic E-state index is 12.6. The number of hydrogen-bond donors (Lipinski definition) is 1. The fourth-order valence-electron chi connectivity index (χ4n) is 2.45. The molecule has 1 aliphatic heterocycles.